The van der Waals surface area contributed by atoms with Crippen LogP contribution in [0.15, 0.2) is 83.8 Å². The summed E-state index contributed by atoms with van der Waals surface area (Å²) >= 11 is 0. The third-order valence-corrected chi connectivity index (χ3v) is 5.70. The lowest BCUT2D eigenvalue weighted by Crippen LogP contribution is -2.24. The van der Waals surface area contributed by atoms with Gasteiger partial charge in [0.05, 0.1) is 22.1 Å². The zero-order chi connectivity index (χ0) is 23.0. The quantitative estimate of drug-likeness (QED) is 0.510. The number of nitrogens with one attached hydrogen (secondary N) is 2. The second-order valence-electron chi connectivity index (χ2n) is 6.65. The number of benzene rings is 3. The highest BCUT2D eigenvalue weighted by Crippen LogP contribution is 2.14. The Hall–Kier alpha value is -4.00. The van der Waals surface area contributed by atoms with E-state index >= 15 is 0 Å². The third-order valence-electron chi connectivity index (χ3n) is 4.30. The first-order chi connectivity index (χ1) is 15.4. The van der Waals surface area contributed by atoms with Crippen LogP contribution >= 0.6 is 0 Å². The highest BCUT2D eigenvalue weighted by atomic mass is 32.2. The van der Waals surface area contributed by atoms with Crippen LogP contribution in [0, 0.1) is 11.3 Å². The maximum Gasteiger partial charge on any atom is 0.338 e. The number of amides is 1. The molecule has 3 aromatic rings. The minimum absolute atomic E-state index is 0.00753. The van der Waals surface area contributed by atoms with Gasteiger partial charge in [0.2, 0.25) is 10.0 Å². The van der Waals surface area contributed by atoms with Crippen LogP contribution in [0.1, 0.15) is 21.5 Å². The Kier molecular flexibility index (Phi) is 7.33. The molecule has 0 bridgehead atoms. The highest BCUT2D eigenvalue weighted by Gasteiger charge is 2.17. The predicted molar refractivity (Wildman–Crippen MR) is 117 cm³/mol. The van der Waals surface area contributed by atoms with E-state index in [0.717, 1.165) is 5.56 Å². The van der Waals surface area contributed by atoms with Gasteiger partial charge in [-0.3, -0.25) is 4.79 Å². The van der Waals surface area contributed by atoms with E-state index in [-0.39, 0.29) is 17.0 Å². The van der Waals surface area contributed by atoms with Gasteiger partial charge in [0.25, 0.3) is 5.91 Å². The summed E-state index contributed by atoms with van der Waals surface area (Å²) in [4.78, 5) is 24.2. The lowest BCUT2D eigenvalue weighted by Gasteiger charge is -2.09. The molecule has 3 aromatic carbocycles. The zero-order valence-electron chi connectivity index (χ0n) is 16.8. The Morgan fingerprint density at radius 3 is 2.44 bits per heavy atom. The summed E-state index contributed by atoms with van der Waals surface area (Å²) in [6.07, 6.45) is 0. The van der Waals surface area contributed by atoms with Gasteiger partial charge in [0.1, 0.15) is 0 Å². The monoisotopic (exact) mass is 449 g/mol. The molecule has 0 aliphatic heterocycles. The molecule has 2 N–H and O–H groups in total. The van der Waals surface area contributed by atoms with Crippen LogP contribution in [-0.4, -0.2) is 26.9 Å². The van der Waals surface area contributed by atoms with E-state index < -0.39 is 28.5 Å². The van der Waals surface area contributed by atoms with Crippen molar-refractivity contribution < 1.29 is 22.7 Å². The summed E-state index contributed by atoms with van der Waals surface area (Å²) < 4.78 is 32.6. The van der Waals surface area contributed by atoms with Crippen LogP contribution < -0.4 is 10.0 Å². The van der Waals surface area contributed by atoms with Crippen molar-refractivity contribution >= 4 is 27.6 Å². The summed E-state index contributed by atoms with van der Waals surface area (Å²) in [5.41, 5.74) is 1.55. The number of carbonyl (C=O) groups is 2. The van der Waals surface area contributed by atoms with E-state index in [1.165, 1.54) is 30.3 Å². The summed E-state index contributed by atoms with van der Waals surface area (Å²) in [5, 5.41) is 11.4. The van der Waals surface area contributed by atoms with Gasteiger partial charge in [0.15, 0.2) is 6.61 Å². The van der Waals surface area contributed by atoms with Crippen LogP contribution in [0.2, 0.25) is 0 Å². The Morgan fingerprint density at radius 1 is 0.938 bits per heavy atom. The molecule has 0 aliphatic rings. The number of anilines is 1. The minimum atomic E-state index is -3.86. The average molecular weight is 449 g/mol. The number of nitrogens with zero attached hydrogens (tertiary/aromatic N) is 1. The molecule has 0 heterocycles. The molecular formula is C23H19N3O5S. The number of hydrogen-bond acceptors (Lipinski definition) is 6. The molecule has 0 aliphatic carbocycles. The van der Waals surface area contributed by atoms with Crippen LogP contribution in [0.4, 0.5) is 5.69 Å². The van der Waals surface area contributed by atoms with E-state index in [0.29, 0.717) is 11.3 Å². The molecule has 3 rings (SSSR count). The number of carbonyl (C=O) groups excluding carboxylic acids is 2. The molecule has 0 saturated carbocycles. The lowest BCUT2D eigenvalue weighted by atomic mass is 10.2. The molecule has 162 valence electrons. The maximum absolute atomic E-state index is 12.6. The summed E-state index contributed by atoms with van der Waals surface area (Å²) in [7, 11) is -3.86. The van der Waals surface area contributed by atoms with E-state index in [1.807, 2.05) is 12.1 Å². The van der Waals surface area contributed by atoms with Crippen molar-refractivity contribution in [3.8, 4) is 6.07 Å². The first-order valence-corrected chi connectivity index (χ1v) is 11.0. The van der Waals surface area contributed by atoms with Gasteiger partial charge >= 0.3 is 5.97 Å². The van der Waals surface area contributed by atoms with Crippen molar-refractivity contribution in [1.29, 1.82) is 5.26 Å². The number of nitriles is 1. The first-order valence-electron chi connectivity index (χ1n) is 9.48. The number of sulfonamides is 1. The Bertz CT molecular complexity index is 1270. The number of hydrogen-bond donors (Lipinski definition) is 2. The molecule has 1 amide bonds. The Labute approximate surface area is 185 Å². The molecule has 8 nitrogen and oxygen atoms in total. The van der Waals surface area contributed by atoms with Crippen LogP contribution in [-0.2, 0) is 26.1 Å². The van der Waals surface area contributed by atoms with E-state index in [2.05, 4.69) is 10.0 Å². The van der Waals surface area contributed by atoms with Gasteiger partial charge in [-0.2, -0.15) is 5.26 Å². The van der Waals surface area contributed by atoms with Crippen molar-refractivity contribution in [2.45, 2.75) is 11.4 Å². The van der Waals surface area contributed by atoms with Crippen LogP contribution in [0.5, 0.6) is 0 Å². The van der Waals surface area contributed by atoms with Crippen molar-refractivity contribution in [1.82, 2.24) is 4.72 Å². The molecular weight excluding hydrogens is 430 g/mol. The molecule has 0 saturated heterocycles. The van der Waals surface area contributed by atoms with Crippen molar-refractivity contribution in [2.75, 3.05) is 11.9 Å². The first kappa shape index (κ1) is 22.7. The molecule has 0 unspecified atom stereocenters. The van der Waals surface area contributed by atoms with Gasteiger partial charge in [-0.15, -0.1) is 0 Å². The van der Waals surface area contributed by atoms with Crippen molar-refractivity contribution in [2.24, 2.45) is 0 Å². The zero-order valence-corrected chi connectivity index (χ0v) is 17.6. The fourth-order valence-electron chi connectivity index (χ4n) is 2.73. The summed E-state index contributed by atoms with van der Waals surface area (Å²) in [6.45, 7) is -0.468. The molecule has 0 atom stereocenters. The maximum atomic E-state index is 12.6. The second kappa shape index (κ2) is 10.3. The average Bonchev–Trinajstić information content (AvgIpc) is 2.82. The van der Waals surface area contributed by atoms with Crippen LogP contribution in [0.25, 0.3) is 0 Å². The Balaban J connectivity index is 1.59. The second-order valence-corrected chi connectivity index (χ2v) is 8.42. The third kappa shape index (κ3) is 6.25. The lowest BCUT2D eigenvalue weighted by molar-refractivity contribution is -0.119. The predicted octanol–water partition coefficient (Wildman–Crippen LogP) is 2.83. The number of ether oxygens (including phenoxy) is 1. The van der Waals surface area contributed by atoms with E-state index in [1.54, 1.807) is 42.5 Å². The SMILES string of the molecule is N#Cc1cccc(NC(=O)COC(=O)c2cccc(S(=O)(=O)NCc3ccccc3)c2)c1. The van der Waals surface area contributed by atoms with Crippen molar-refractivity contribution in [3.05, 3.63) is 95.6 Å². The summed E-state index contributed by atoms with van der Waals surface area (Å²) in [5.74, 6) is -1.44. The van der Waals surface area contributed by atoms with Crippen molar-refractivity contribution in [3.63, 3.8) is 0 Å². The highest BCUT2D eigenvalue weighted by molar-refractivity contribution is 7.89. The molecule has 0 radical (unpaired) electrons. The Morgan fingerprint density at radius 2 is 1.69 bits per heavy atom. The molecule has 0 spiro atoms. The summed E-state index contributed by atoms with van der Waals surface area (Å²) in [6, 6.07) is 22.6. The number of esters is 1. The van der Waals surface area contributed by atoms with E-state index in [9.17, 15) is 18.0 Å². The van der Waals surface area contributed by atoms with E-state index in [4.69, 9.17) is 10.00 Å². The topological polar surface area (TPSA) is 125 Å². The van der Waals surface area contributed by atoms with Gasteiger partial charge in [-0.05, 0) is 42.0 Å². The van der Waals surface area contributed by atoms with Gasteiger partial charge in [-0.25, -0.2) is 17.9 Å². The molecule has 0 aromatic heterocycles. The standard InChI is InChI=1S/C23H19N3O5S/c24-14-18-8-4-10-20(12-18)26-22(27)16-31-23(28)19-9-5-11-21(13-19)32(29,30)25-15-17-6-2-1-3-7-17/h1-13,25H,15-16H2,(H,26,27). The fourth-order valence-corrected chi connectivity index (χ4v) is 3.79. The smallest absolute Gasteiger partial charge is 0.338 e. The molecule has 9 heteroatoms. The molecule has 0 fully saturated rings. The van der Waals surface area contributed by atoms with Gasteiger partial charge < -0.3 is 10.1 Å². The fraction of sp³-hybridized carbons (Fsp3) is 0.0870. The van der Waals surface area contributed by atoms with Gasteiger partial charge in [-0.1, -0.05) is 42.5 Å². The minimum Gasteiger partial charge on any atom is -0.452 e. The molecule has 32 heavy (non-hydrogen) atoms. The van der Waals surface area contributed by atoms with Gasteiger partial charge in [0, 0.05) is 12.2 Å². The normalized spacial score (nSPS) is 10.7. The number of rotatable bonds is 8. The van der Waals surface area contributed by atoms with Crippen LogP contribution in [0.3, 0.4) is 0 Å². The largest absolute Gasteiger partial charge is 0.452 e.